The lowest BCUT2D eigenvalue weighted by Crippen LogP contribution is -2.23. The molecule has 0 fully saturated rings. The Kier molecular flexibility index (Phi) is 2.59. The molecule has 3 rings (SSSR count). The molecule has 5 heteroatoms. The van der Waals surface area contributed by atoms with Gasteiger partial charge in [0.25, 0.3) is 0 Å². The lowest BCUT2D eigenvalue weighted by molar-refractivity contribution is 0.909. The fourth-order valence-corrected chi connectivity index (χ4v) is 2.08. The van der Waals surface area contributed by atoms with Crippen molar-refractivity contribution in [2.24, 2.45) is 0 Å². The molecule has 0 spiro atoms. The minimum Gasteiger partial charge on any atom is -0.259 e. The highest BCUT2D eigenvalue weighted by Crippen LogP contribution is 2.16. The van der Waals surface area contributed by atoms with E-state index >= 15 is 0 Å². The number of hydrogen-bond acceptors (Lipinski definition) is 4. The molecule has 0 saturated carbocycles. The Hall–Kier alpha value is -2.56. The van der Waals surface area contributed by atoms with Crippen molar-refractivity contribution in [2.45, 2.75) is 13.8 Å². The van der Waals surface area contributed by atoms with Crippen LogP contribution in [0.25, 0.3) is 16.7 Å². The van der Waals surface area contributed by atoms with Gasteiger partial charge in [0.2, 0.25) is 0 Å². The van der Waals surface area contributed by atoms with Crippen LogP contribution < -0.4 is 5.69 Å². The minimum absolute atomic E-state index is 0.302. The highest BCUT2D eigenvalue weighted by molar-refractivity contribution is 5.78. The van der Waals surface area contributed by atoms with Crippen LogP contribution >= 0.6 is 0 Å². The van der Waals surface area contributed by atoms with Crippen molar-refractivity contribution < 1.29 is 0 Å². The molecule has 19 heavy (non-hydrogen) atoms. The van der Waals surface area contributed by atoms with Crippen molar-refractivity contribution >= 4 is 11.0 Å². The molecule has 0 bridgehead atoms. The summed E-state index contributed by atoms with van der Waals surface area (Å²) in [4.78, 5) is 16.2. The molecule has 0 unspecified atom stereocenters. The smallest absolute Gasteiger partial charge is 0.259 e. The van der Waals surface area contributed by atoms with Gasteiger partial charge in [0.05, 0.1) is 22.6 Å². The van der Waals surface area contributed by atoms with E-state index in [1.165, 1.54) is 0 Å². The standard InChI is InChI=1S/C14H12N4O/c1-9-8-12-13(17-16-9)10(2)15-14(19)18(12)11-6-4-3-5-7-11/h3-8H,1-2H3. The van der Waals surface area contributed by atoms with Crippen LogP contribution in [0.5, 0.6) is 0 Å². The molecule has 0 aliphatic rings. The number of benzene rings is 1. The van der Waals surface area contributed by atoms with E-state index in [0.717, 1.165) is 16.9 Å². The first kappa shape index (κ1) is 11.5. The number of para-hydroxylation sites is 1. The maximum atomic E-state index is 12.2. The van der Waals surface area contributed by atoms with Crippen LogP contribution in [0.1, 0.15) is 11.4 Å². The second-order valence-corrected chi connectivity index (χ2v) is 4.37. The highest BCUT2D eigenvalue weighted by atomic mass is 16.1. The van der Waals surface area contributed by atoms with E-state index in [0.29, 0.717) is 11.2 Å². The first-order valence-corrected chi connectivity index (χ1v) is 5.96. The van der Waals surface area contributed by atoms with Crippen LogP contribution in [-0.4, -0.2) is 19.7 Å². The van der Waals surface area contributed by atoms with E-state index < -0.39 is 0 Å². The van der Waals surface area contributed by atoms with Crippen molar-refractivity contribution in [3.05, 3.63) is 58.3 Å². The summed E-state index contributed by atoms with van der Waals surface area (Å²) < 4.78 is 1.56. The van der Waals surface area contributed by atoms with Crippen LogP contribution in [0.3, 0.4) is 0 Å². The summed E-state index contributed by atoms with van der Waals surface area (Å²) in [5, 5.41) is 8.16. The Morgan fingerprint density at radius 3 is 2.53 bits per heavy atom. The number of hydrogen-bond donors (Lipinski definition) is 0. The fourth-order valence-electron chi connectivity index (χ4n) is 2.08. The molecule has 1 aromatic carbocycles. The van der Waals surface area contributed by atoms with Gasteiger partial charge in [-0.25, -0.2) is 4.79 Å². The van der Waals surface area contributed by atoms with Crippen LogP contribution in [0.15, 0.2) is 41.2 Å². The zero-order valence-electron chi connectivity index (χ0n) is 10.7. The van der Waals surface area contributed by atoms with E-state index in [1.54, 1.807) is 11.5 Å². The van der Waals surface area contributed by atoms with E-state index in [-0.39, 0.29) is 5.69 Å². The molecular formula is C14H12N4O. The second kappa shape index (κ2) is 4.28. The quantitative estimate of drug-likeness (QED) is 0.662. The van der Waals surface area contributed by atoms with Crippen molar-refractivity contribution in [3.63, 3.8) is 0 Å². The molecule has 0 saturated heterocycles. The molecule has 2 heterocycles. The highest BCUT2D eigenvalue weighted by Gasteiger charge is 2.11. The molecule has 0 amide bonds. The predicted octanol–water partition coefficient (Wildman–Crippen LogP) is 1.79. The van der Waals surface area contributed by atoms with Crippen molar-refractivity contribution in [2.75, 3.05) is 0 Å². The maximum Gasteiger partial charge on any atom is 0.352 e. The van der Waals surface area contributed by atoms with Crippen LogP contribution in [0.2, 0.25) is 0 Å². The van der Waals surface area contributed by atoms with Gasteiger partial charge in [-0.15, -0.1) is 5.10 Å². The van der Waals surface area contributed by atoms with Crippen molar-refractivity contribution in [1.29, 1.82) is 0 Å². The summed E-state index contributed by atoms with van der Waals surface area (Å²) in [5.74, 6) is 0. The van der Waals surface area contributed by atoms with Gasteiger partial charge >= 0.3 is 5.69 Å². The third kappa shape index (κ3) is 1.89. The zero-order valence-corrected chi connectivity index (χ0v) is 10.7. The summed E-state index contributed by atoms with van der Waals surface area (Å²) in [6.07, 6.45) is 0. The van der Waals surface area contributed by atoms with Gasteiger partial charge in [-0.3, -0.25) is 4.57 Å². The molecular weight excluding hydrogens is 240 g/mol. The summed E-state index contributed by atoms with van der Waals surface area (Å²) >= 11 is 0. The van der Waals surface area contributed by atoms with Gasteiger partial charge < -0.3 is 0 Å². The molecule has 0 atom stereocenters. The Balaban J connectivity index is 2.48. The van der Waals surface area contributed by atoms with E-state index in [4.69, 9.17) is 0 Å². The van der Waals surface area contributed by atoms with E-state index in [1.807, 2.05) is 43.3 Å². The fraction of sp³-hybridized carbons (Fsp3) is 0.143. The lowest BCUT2D eigenvalue weighted by atomic mass is 10.2. The molecule has 0 aliphatic carbocycles. The SMILES string of the molecule is Cc1cc2c(nn1)c(C)nc(=O)n2-c1ccccc1. The second-order valence-electron chi connectivity index (χ2n) is 4.37. The summed E-state index contributed by atoms with van der Waals surface area (Å²) in [5.41, 5.74) is 3.22. The van der Waals surface area contributed by atoms with Crippen molar-refractivity contribution in [1.82, 2.24) is 19.7 Å². The molecule has 94 valence electrons. The number of fused-ring (bicyclic) bond motifs is 1. The van der Waals surface area contributed by atoms with Gasteiger partial charge in [0.15, 0.2) is 0 Å². The van der Waals surface area contributed by atoms with Crippen LogP contribution in [-0.2, 0) is 0 Å². The van der Waals surface area contributed by atoms with E-state index in [9.17, 15) is 4.79 Å². The average molecular weight is 252 g/mol. The zero-order chi connectivity index (χ0) is 13.4. The summed E-state index contributed by atoms with van der Waals surface area (Å²) in [7, 11) is 0. The average Bonchev–Trinajstić information content (AvgIpc) is 2.39. The molecule has 3 aromatic rings. The number of nitrogens with zero attached hydrogens (tertiary/aromatic N) is 4. The van der Waals surface area contributed by atoms with Crippen molar-refractivity contribution in [3.8, 4) is 5.69 Å². The maximum absolute atomic E-state index is 12.2. The Bertz CT molecular complexity index is 809. The topological polar surface area (TPSA) is 60.7 Å². The van der Waals surface area contributed by atoms with Gasteiger partial charge in [-0.05, 0) is 32.0 Å². The molecule has 2 aromatic heterocycles. The number of aromatic nitrogens is 4. The third-order valence-corrected chi connectivity index (χ3v) is 2.95. The van der Waals surface area contributed by atoms with E-state index in [2.05, 4.69) is 15.2 Å². The van der Waals surface area contributed by atoms with Gasteiger partial charge in [0, 0.05) is 0 Å². The van der Waals surface area contributed by atoms with Gasteiger partial charge in [-0.1, -0.05) is 18.2 Å². The largest absolute Gasteiger partial charge is 0.352 e. The summed E-state index contributed by atoms with van der Waals surface area (Å²) in [6.45, 7) is 3.62. The normalized spacial score (nSPS) is 10.8. The van der Waals surface area contributed by atoms with Gasteiger partial charge in [-0.2, -0.15) is 10.1 Å². The Labute approximate surface area is 109 Å². The van der Waals surface area contributed by atoms with Crippen LogP contribution in [0.4, 0.5) is 0 Å². The monoisotopic (exact) mass is 252 g/mol. The third-order valence-electron chi connectivity index (χ3n) is 2.95. The molecule has 0 N–H and O–H groups in total. The number of aryl methyl sites for hydroxylation is 2. The molecule has 5 nitrogen and oxygen atoms in total. The predicted molar refractivity (Wildman–Crippen MR) is 72.4 cm³/mol. The first-order valence-electron chi connectivity index (χ1n) is 5.96. The first-order chi connectivity index (χ1) is 9.16. The minimum atomic E-state index is -0.302. The lowest BCUT2D eigenvalue weighted by Gasteiger charge is -2.10. The number of rotatable bonds is 1. The summed E-state index contributed by atoms with van der Waals surface area (Å²) in [6, 6.07) is 11.3. The molecule has 0 aliphatic heterocycles. The Morgan fingerprint density at radius 1 is 1.05 bits per heavy atom. The Morgan fingerprint density at radius 2 is 1.79 bits per heavy atom. The molecule has 0 radical (unpaired) electrons. The van der Waals surface area contributed by atoms with Gasteiger partial charge in [0.1, 0.15) is 5.52 Å². The van der Waals surface area contributed by atoms with Crippen LogP contribution in [0, 0.1) is 13.8 Å².